The largest absolute Gasteiger partial charge is 0.494 e. The maximum Gasteiger partial charge on any atom is 0.494 e. The summed E-state index contributed by atoms with van der Waals surface area (Å²) >= 11 is 3.48. The first kappa shape index (κ1) is 44.2. The zero-order valence-electron chi connectivity index (χ0n) is 37.3. The van der Waals surface area contributed by atoms with Gasteiger partial charge >= 0.3 is 21.1 Å². The van der Waals surface area contributed by atoms with Crippen molar-refractivity contribution < 1.29 is 27.9 Å². The number of aromatic nitrogens is 6. The molecule has 4 aromatic heterocycles. The molecule has 314 valence electrons. The van der Waals surface area contributed by atoms with Crippen LogP contribution in [-0.2, 0) is 27.9 Å². The van der Waals surface area contributed by atoms with Gasteiger partial charge in [-0.25, -0.2) is 19.3 Å². The summed E-state index contributed by atoms with van der Waals surface area (Å²) in [6.45, 7) is 28.4. The summed E-state index contributed by atoms with van der Waals surface area (Å²) in [6.07, 6.45) is 3.71. The Morgan fingerprint density at radius 2 is 0.867 bits per heavy atom. The molecule has 0 atom stereocenters. The number of pyridine rings is 2. The van der Waals surface area contributed by atoms with Crippen LogP contribution in [0.25, 0.3) is 33.4 Å². The highest BCUT2D eigenvalue weighted by molar-refractivity contribution is 9.10. The Labute approximate surface area is 363 Å². The molecular formula is C44H56B3BrN6O6. The van der Waals surface area contributed by atoms with Crippen molar-refractivity contribution in [1.82, 2.24) is 29.5 Å². The molecule has 0 saturated carbocycles. The molecule has 2 aromatic carbocycles. The summed E-state index contributed by atoms with van der Waals surface area (Å²) in [6, 6.07) is 24.1. The number of rotatable bonds is 4. The van der Waals surface area contributed by atoms with Crippen molar-refractivity contribution in [3.63, 3.8) is 0 Å². The molecule has 12 nitrogen and oxygen atoms in total. The molecule has 0 N–H and O–H groups in total. The monoisotopic (exact) mass is 876 g/mol. The Morgan fingerprint density at radius 3 is 1.28 bits per heavy atom. The van der Waals surface area contributed by atoms with E-state index < -0.39 is 14.0 Å². The van der Waals surface area contributed by atoms with Gasteiger partial charge in [0, 0.05) is 26.6 Å². The lowest BCUT2D eigenvalue weighted by molar-refractivity contribution is 0.00578. The molecule has 0 amide bonds. The predicted molar refractivity (Wildman–Crippen MR) is 243 cm³/mol. The third-order valence-electron chi connectivity index (χ3n) is 12.6. The van der Waals surface area contributed by atoms with E-state index in [9.17, 15) is 0 Å². The average Bonchev–Trinajstić information content (AvgIpc) is 3.91. The van der Waals surface area contributed by atoms with Gasteiger partial charge in [0.2, 0.25) is 0 Å². The molecule has 3 fully saturated rings. The van der Waals surface area contributed by atoms with Gasteiger partial charge in [-0.1, -0.05) is 46.3 Å². The highest BCUT2D eigenvalue weighted by Crippen LogP contribution is 2.43. The van der Waals surface area contributed by atoms with E-state index in [-0.39, 0.29) is 40.7 Å². The van der Waals surface area contributed by atoms with E-state index in [0.29, 0.717) is 0 Å². The molecule has 60 heavy (non-hydrogen) atoms. The van der Waals surface area contributed by atoms with Gasteiger partial charge in [-0.3, -0.25) is 0 Å². The molecule has 16 heteroatoms. The van der Waals surface area contributed by atoms with E-state index in [1.807, 2.05) is 152 Å². The zero-order chi connectivity index (χ0) is 43.6. The van der Waals surface area contributed by atoms with Gasteiger partial charge in [0.1, 0.15) is 0 Å². The molecule has 7 heterocycles. The van der Waals surface area contributed by atoms with Crippen molar-refractivity contribution in [3.8, 4) is 11.6 Å². The fourth-order valence-corrected chi connectivity index (χ4v) is 7.16. The average molecular weight is 877 g/mol. The Hall–Kier alpha value is -3.89. The summed E-state index contributed by atoms with van der Waals surface area (Å²) in [5.74, 6) is 1.65. The van der Waals surface area contributed by atoms with E-state index in [4.69, 9.17) is 27.9 Å². The molecule has 3 aliphatic heterocycles. The van der Waals surface area contributed by atoms with Crippen molar-refractivity contribution >= 4 is 64.3 Å². The maximum atomic E-state index is 6.17. The molecule has 3 saturated heterocycles. The second kappa shape index (κ2) is 15.8. The fraction of sp³-hybridized carbons (Fsp3) is 0.455. The second-order valence-corrected chi connectivity index (χ2v) is 19.7. The molecule has 0 bridgehead atoms. The normalized spacial score (nSPS) is 20.6. The maximum absolute atomic E-state index is 6.17. The van der Waals surface area contributed by atoms with Gasteiger partial charge in [0.15, 0.2) is 11.6 Å². The number of halogens is 1. The first-order valence-corrected chi connectivity index (χ1v) is 21.2. The van der Waals surface area contributed by atoms with Crippen LogP contribution in [0.3, 0.4) is 0 Å². The van der Waals surface area contributed by atoms with Crippen molar-refractivity contribution in [2.24, 2.45) is 0 Å². The fourth-order valence-electron chi connectivity index (χ4n) is 6.81. The van der Waals surface area contributed by atoms with Gasteiger partial charge < -0.3 is 27.9 Å². The number of hydrogen-bond acceptors (Lipinski definition) is 10. The minimum absolute atomic E-state index is 0.356. The van der Waals surface area contributed by atoms with Crippen LogP contribution in [0.1, 0.15) is 94.5 Å². The Bertz CT molecular complexity index is 2440. The summed E-state index contributed by atoms with van der Waals surface area (Å²) in [7, 11) is -1.34. The number of fused-ring (bicyclic) bond motifs is 2. The van der Waals surface area contributed by atoms with E-state index in [1.165, 1.54) is 0 Å². The van der Waals surface area contributed by atoms with Crippen molar-refractivity contribution in [2.45, 2.75) is 131 Å². The summed E-state index contributed by atoms with van der Waals surface area (Å²) in [5, 5.41) is 11.1. The van der Waals surface area contributed by atoms with Crippen molar-refractivity contribution in [1.29, 1.82) is 0 Å². The molecule has 0 spiro atoms. The van der Waals surface area contributed by atoms with Crippen LogP contribution in [-0.4, -0.2) is 84.3 Å². The third-order valence-corrected chi connectivity index (χ3v) is 13.1. The molecule has 0 unspecified atom stereocenters. The number of nitrogens with zero attached hydrogens (tertiary/aromatic N) is 6. The molecule has 0 radical (unpaired) electrons. The predicted octanol–water partition coefficient (Wildman–Crippen LogP) is 8.77. The van der Waals surface area contributed by atoms with Crippen LogP contribution in [0.4, 0.5) is 0 Å². The van der Waals surface area contributed by atoms with Crippen LogP contribution in [0.2, 0.25) is 0 Å². The van der Waals surface area contributed by atoms with Gasteiger partial charge in [-0.05, 0) is 145 Å². The molecule has 9 rings (SSSR count). The second-order valence-electron chi connectivity index (χ2n) is 18.7. The SMILES string of the molecule is CC1(C)OB(B2OC(C)(C)C(C)(C)O2)OC1(C)C.Cc1cccc(-n2ncc3ccc(B4OC(C)(C)C(C)(C)O4)cc32)n1.Cc1cccc(-n2ncc3ccc(Br)cc32)n1. The Morgan fingerprint density at radius 1 is 0.483 bits per heavy atom. The van der Waals surface area contributed by atoms with E-state index >= 15 is 0 Å². The highest BCUT2D eigenvalue weighted by Gasteiger charge is 2.63. The quantitative estimate of drug-likeness (QED) is 0.159. The number of aryl methyl sites for hydroxylation is 2. The minimum Gasteiger partial charge on any atom is -0.405 e. The number of benzene rings is 2. The van der Waals surface area contributed by atoms with E-state index in [0.717, 1.165) is 54.8 Å². The van der Waals surface area contributed by atoms with Gasteiger partial charge in [-0.2, -0.15) is 10.2 Å². The van der Waals surface area contributed by atoms with Crippen LogP contribution in [0, 0.1) is 13.8 Å². The van der Waals surface area contributed by atoms with E-state index in [2.05, 4.69) is 75.9 Å². The van der Waals surface area contributed by atoms with E-state index in [1.54, 1.807) is 0 Å². The van der Waals surface area contributed by atoms with Gasteiger partial charge in [0.25, 0.3) is 0 Å². The molecule has 3 aliphatic rings. The topological polar surface area (TPSA) is 117 Å². The summed E-state index contributed by atoms with van der Waals surface area (Å²) in [4.78, 5) is 9.06. The summed E-state index contributed by atoms with van der Waals surface area (Å²) in [5.41, 5.74) is 2.83. The van der Waals surface area contributed by atoms with Crippen LogP contribution in [0.5, 0.6) is 0 Å². The summed E-state index contributed by atoms with van der Waals surface area (Å²) < 4.78 is 40.9. The van der Waals surface area contributed by atoms with Gasteiger partial charge in [-0.15, -0.1) is 0 Å². The smallest absolute Gasteiger partial charge is 0.405 e. The zero-order valence-corrected chi connectivity index (χ0v) is 38.9. The highest BCUT2D eigenvalue weighted by atomic mass is 79.9. The van der Waals surface area contributed by atoms with Gasteiger partial charge in [0.05, 0.1) is 57.0 Å². The Balaban J connectivity index is 0.000000140. The lowest BCUT2D eigenvalue weighted by atomic mass is 9.49. The van der Waals surface area contributed by atoms with Crippen LogP contribution in [0.15, 0.2) is 89.7 Å². The first-order chi connectivity index (χ1) is 27.9. The van der Waals surface area contributed by atoms with Crippen molar-refractivity contribution in [2.75, 3.05) is 0 Å². The lowest BCUT2D eigenvalue weighted by Gasteiger charge is -2.32. The minimum atomic E-state index is -0.476. The lowest BCUT2D eigenvalue weighted by Crippen LogP contribution is -2.41. The molecule has 6 aromatic rings. The standard InChI is InChI=1S/C19H22BN3O2.C13H10BrN3.C12H24B2O4/c1-13-7-6-8-17(22-13)23-16-11-15(10-9-14(16)12-21-23)20-24-18(2,3)19(4,5)25-20;1-9-3-2-4-13(16-9)17-12-7-11(14)6-5-10(12)8-15-17;1-9(2)10(3,4)16-13(15-9)14-17-11(5,6)12(7,8)18-14/h6-12H,1-5H3;2-8H,1H3;1-8H3. The molecule has 0 aliphatic carbocycles. The van der Waals surface area contributed by atoms with Crippen molar-refractivity contribution in [3.05, 3.63) is 101 Å². The first-order valence-electron chi connectivity index (χ1n) is 20.4. The van der Waals surface area contributed by atoms with Crippen LogP contribution < -0.4 is 5.46 Å². The third kappa shape index (κ3) is 8.62. The molecular weight excluding hydrogens is 821 g/mol. The Kier molecular flexibility index (Phi) is 11.6. The van der Waals surface area contributed by atoms with Crippen LogP contribution >= 0.6 is 15.9 Å². The number of hydrogen-bond donors (Lipinski definition) is 0.